The molecule has 5 nitrogen and oxygen atoms in total. The normalized spacial score (nSPS) is 10.4. The van der Waals surface area contributed by atoms with Crippen LogP contribution in [0.1, 0.15) is 0 Å². The Balaban J connectivity index is 2.93. The average Bonchev–Trinajstić information content (AvgIpc) is 2.34. The van der Waals surface area contributed by atoms with Gasteiger partial charge in [-0.05, 0) is 0 Å². The van der Waals surface area contributed by atoms with Gasteiger partial charge in [0.05, 0.1) is 6.20 Å². The Morgan fingerprint density at radius 2 is 2.50 bits per heavy atom. The van der Waals surface area contributed by atoms with E-state index in [1.54, 1.807) is 0 Å². The molecule has 50 valence electrons. The van der Waals surface area contributed by atoms with Crippen molar-refractivity contribution in [3.8, 4) is 0 Å². The van der Waals surface area contributed by atoms with Crippen molar-refractivity contribution in [3.05, 3.63) is 23.9 Å². The molecule has 0 aliphatic heterocycles. The number of hydrogen-bond donors (Lipinski definition) is 1. The van der Waals surface area contributed by atoms with Crippen LogP contribution in [-0.2, 0) is 0 Å². The van der Waals surface area contributed by atoms with Gasteiger partial charge in [0, 0.05) is 0 Å². The second-order valence-corrected chi connectivity index (χ2v) is 1.86. The molecule has 0 aromatic carbocycles. The lowest BCUT2D eigenvalue weighted by molar-refractivity contribution is -0.639. The molecule has 0 radical (unpaired) electrons. The number of aromatic amines is 1. The highest BCUT2D eigenvalue weighted by Crippen LogP contribution is 1.99. The summed E-state index contributed by atoms with van der Waals surface area (Å²) in [6.45, 7) is 0. The zero-order valence-corrected chi connectivity index (χ0v) is 4.98. The van der Waals surface area contributed by atoms with Gasteiger partial charge in [-0.1, -0.05) is 4.85 Å². The summed E-state index contributed by atoms with van der Waals surface area (Å²) in [4.78, 5) is 8.15. The topological polar surface area (TPSA) is 68.5 Å². The highest BCUT2D eigenvalue weighted by atomic mass is 16.5. The molecule has 0 saturated heterocycles. The Bertz CT molecular complexity index is 355. The van der Waals surface area contributed by atoms with Crippen LogP contribution in [0.2, 0.25) is 0 Å². The van der Waals surface area contributed by atoms with E-state index in [1.165, 1.54) is 18.7 Å². The first-order valence-corrected chi connectivity index (χ1v) is 2.74. The van der Waals surface area contributed by atoms with E-state index in [2.05, 4.69) is 15.1 Å². The smallest absolute Gasteiger partial charge is 0.287 e. The monoisotopic (exact) mass is 136 g/mol. The summed E-state index contributed by atoms with van der Waals surface area (Å²) in [5.74, 6) is 0. The standard InChI is InChI=1S/C5H4N4O/c10-9-5-2-6-3-7-4(5)1-8-9/h1-3,8H. The van der Waals surface area contributed by atoms with Crippen molar-refractivity contribution < 1.29 is 4.85 Å². The summed E-state index contributed by atoms with van der Waals surface area (Å²) in [5.41, 5.74) is 1.09. The highest BCUT2D eigenvalue weighted by Gasteiger charge is 2.03. The van der Waals surface area contributed by atoms with E-state index in [0.717, 1.165) is 0 Å². The van der Waals surface area contributed by atoms with Crippen molar-refractivity contribution >= 4 is 11.0 Å². The van der Waals surface area contributed by atoms with Gasteiger partial charge in [0.1, 0.15) is 12.5 Å². The van der Waals surface area contributed by atoms with Gasteiger partial charge >= 0.3 is 0 Å². The van der Waals surface area contributed by atoms with Crippen molar-refractivity contribution in [1.82, 2.24) is 15.1 Å². The summed E-state index contributed by atoms with van der Waals surface area (Å²) in [7, 11) is 0. The Morgan fingerprint density at radius 1 is 1.60 bits per heavy atom. The molecule has 0 saturated carbocycles. The van der Waals surface area contributed by atoms with Crippen molar-refractivity contribution in [3.63, 3.8) is 0 Å². The minimum Gasteiger partial charge on any atom is -0.596 e. The summed E-state index contributed by atoms with van der Waals surface area (Å²) in [6, 6.07) is 0. The number of rotatable bonds is 0. The maximum absolute atomic E-state index is 10.8. The second kappa shape index (κ2) is 1.66. The Kier molecular flexibility index (Phi) is 0.858. The molecule has 0 fully saturated rings. The van der Waals surface area contributed by atoms with Gasteiger partial charge in [0.15, 0.2) is 5.52 Å². The lowest BCUT2D eigenvalue weighted by Gasteiger charge is -1.86. The van der Waals surface area contributed by atoms with E-state index in [9.17, 15) is 5.21 Å². The fourth-order valence-electron chi connectivity index (χ4n) is 0.789. The fraction of sp³-hybridized carbons (Fsp3) is 0. The Morgan fingerprint density at radius 3 is 3.30 bits per heavy atom. The van der Waals surface area contributed by atoms with Crippen molar-refractivity contribution in [1.29, 1.82) is 0 Å². The van der Waals surface area contributed by atoms with Crippen LogP contribution in [0.25, 0.3) is 11.0 Å². The number of nitrogens with one attached hydrogen (secondary N) is 1. The van der Waals surface area contributed by atoms with Crippen LogP contribution in [0.5, 0.6) is 0 Å². The molecule has 5 heteroatoms. The molecule has 0 aliphatic carbocycles. The predicted octanol–water partition coefficient (Wildman–Crippen LogP) is -0.409. The number of fused-ring (bicyclic) bond motifs is 1. The molecule has 1 N–H and O–H groups in total. The third-order valence-electron chi connectivity index (χ3n) is 1.26. The molecule has 0 atom stereocenters. The first-order chi connectivity index (χ1) is 4.88. The van der Waals surface area contributed by atoms with E-state index in [4.69, 9.17) is 0 Å². The molecule has 0 spiro atoms. The van der Waals surface area contributed by atoms with Gasteiger partial charge in [0.2, 0.25) is 0 Å². The van der Waals surface area contributed by atoms with Crippen molar-refractivity contribution in [2.75, 3.05) is 0 Å². The lowest BCUT2D eigenvalue weighted by Crippen LogP contribution is -2.27. The number of nitrogens with zero attached hydrogens (tertiary/aromatic N) is 3. The summed E-state index contributed by atoms with van der Waals surface area (Å²) in [6.07, 6.45) is 4.39. The minimum absolute atomic E-state index is 0.461. The van der Waals surface area contributed by atoms with Crippen LogP contribution in [0.3, 0.4) is 0 Å². The molecule has 0 aliphatic rings. The average molecular weight is 136 g/mol. The quantitative estimate of drug-likeness (QED) is 0.395. The van der Waals surface area contributed by atoms with Gasteiger partial charge in [-0.2, -0.15) is 5.10 Å². The maximum atomic E-state index is 10.8. The highest BCUT2D eigenvalue weighted by molar-refractivity contribution is 5.67. The first-order valence-electron chi connectivity index (χ1n) is 2.74. The summed E-state index contributed by atoms with van der Waals surface area (Å²) < 4.78 is 0. The molecular formula is C5H4N4O. The Labute approximate surface area is 55.9 Å². The molecule has 0 amide bonds. The number of hydrogen-bond acceptors (Lipinski definition) is 3. The van der Waals surface area contributed by atoms with Crippen LogP contribution in [0, 0.1) is 5.21 Å². The molecule has 10 heavy (non-hydrogen) atoms. The van der Waals surface area contributed by atoms with Crippen LogP contribution in [-0.4, -0.2) is 15.1 Å². The maximum Gasteiger partial charge on any atom is 0.287 e. The van der Waals surface area contributed by atoms with Crippen molar-refractivity contribution in [2.24, 2.45) is 0 Å². The van der Waals surface area contributed by atoms with Crippen LogP contribution >= 0.6 is 0 Å². The van der Waals surface area contributed by atoms with Crippen LogP contribution < -0.4 is 4.85 Å². The van der Waals surface area contributed by atoms with E-state index < -0.39 is 0 Å². The van der Waals surface area contributed by atoms with Crippen LogP contribution in [0.15, 0.2) is 18.7 Å². The number of H-pyrrole nitrogens is 1. The first kappa shape index (κ1) is 5.16. The largest absolute Gasteiger partial charge is 0.596 e. The lowest BCUT2D eigenvalue weighted by atomic mass is 10.5. The second-order valence-electron chi connectivity index (χ2n) is 1.86. The zero-order chi connectivity index (χ0) is 6.97. The summed E-state index contributed by atoms with van der Waals surface area (Å²) in [5, 5.41) is 13.2. The number of aromatic nitrogens is 4. The molecule has 0 unspecified atom stereocenters. The zero-order valence-electron chi connectivity index (χ0n) is 4.98. The van der Waals surface area contributed by atoms with E-state index in [-0.39, 0.29) is 0 Å². The van der Waals surface area contributed by atoms with Crippen molar-refractivity contribution in [2.45, 2.75) is 0 Å². The third kappa shape index (κ3) is 0.540. The Hall–Kier alpha value is -1.65. The van der Waals surface area contributed by atoms with E-state index >= 15 is 0 Å². The molecule has 2 aromatic heterocycles. The molecular weight excluding hydrogens is 132 g/mol. The molecule has 2 heterocycles. The van der Waals surface area contributed by atoms with Gasteiger partial charge < -0.3 is 5.21 Å². The summed E-state index contributed by atoms with van der Waals surface area (Å²) >= 11 is 0. The van der Waals surface area contributed by atoms with Gasteiger partial charge in [0.25, 0.3) is 5.52 Å². The molecule has 0 bridgehead atoms. The molecule has 2 rings (SSSR count). The third-order valence-corrected chi connectivity index (χ3v) is 1.26. The SMILES string of the molecule is [O-][n+]1[nH]cc2ncncc21. The van der Waals surface area contributed by atoms with Gasteiger partial charge in [-0.25, -0.2) is 9.97 Å². The van der Waals surface area contributed by atoms with E-state index in [0.29, 0.717) is 15.9 Å². The minimum atomic E-state index is 0.461. The predicted molar refractivity (Wildman–Crippen MR) is 32.8 cm³/mol. The molecule has 2 aromatic rings. The van der Waals surface area contributed by atoms with Gasteiger partial charge in [-0.3, -0.25) is 0 Å². The fourth-order valence-corrected chi connectivity index (χ4v) is 0.789. The van der Waals surface area contributed by atoms with Crippen LogP contribution in [0.4, 0.5) is 0 Å². The van der Waals surface area contributed by atoms with Gasteiger partial charge in [-0.15, -0.1) is 0 Å². The van der Waals surface area contributed by atoms with E-state index in [1.807, 2.05) is 0 Å².